The third-order valence-corrected chi connectivity index (χ3v) is 5.94. The zero-order valence-corrected chi connectivity index (χ0v) is 17.9. The van der Waals surface area contributed by atoms with Crippen LogP contribution in [0.4, 0.5) is 5.13 Å². The maximum absolute atomic E-state index is 12.8. The van der Waals surface area contributed by atoms with E-state index in [1.165, 1.54) is 16.9 Å². The summed E-state index contributed by atoms with van der Waals surface area (Å²) in [5.41, 5.74) is 3.79. The van der Waals surface area contributed by atoms with Gasteiger partial charge in [-0.3, -0.25) is 4.79 Å². The van der Waals surface area contributed by atoms with Gasteiger partial charge in [-0.2, -0.15) is 4.98 Å². The van der Waals surface area contributed by atoms with Crippen LogP contribution >= 0.6 is 11.3 Å². The van der Waals surface area contributed by atoms with E-state index in [9.17, 15) is 4.79 Å². The lowest BCUT2D eigenvalue weighted by atomic mass is 9.96. The van der Waals surface area contributed by atoms with E-state index in [0.717, 1.165) is 21.7 Å². The Bertz CT molecular complexity index is 1150. The van der Waals surface area contributed by atoms with Crippen molar-refractivity contribution in [2.24, 2.45) is 0 Å². The largest absolute Gasteiger partial charge is 0.333 e. The first-order chi connectivity index (χ1) is 14.5. The molecule has 0 aliphatic carbocycles. The fourth-order valence-corrected chi connectivity index (χ4v) is 4.13. The summed E-state index contributed by atoms with van der Waals surface area (Å²) in [5, 5.41) is 7.56. The van der Waals surface area contributed by atoms with Gasteiger partial charge in [0.1, 0.15) is 4.88 Å². The molecule has 6 nitrogen and oxygen atoms in total. The maximum Gasteiger partial charge on any atom is 0.270 e. The van der Waals surface area contributed by atoms with E-state index in [-0.39, 0.29) is 11.8 Å². The topological polar surface area (TPSA) is 80.9 Å². The summed E-state index contributed by atoms with van der Waals surface area (Å²) in [6.45, 7) is 5.90. The normalized spacial score (nSPS) is 12.0. The highest BCUT2D eigenvalue weighted by molar-refractivity contribution is 7.19. The van der Waals surface area contributed by atoms with Gasteiger partial charge in [0, 0.05) is 5.56 Å². The van der Waals surface area contributed by atoms with Crippen LogP contribution in [0.3, 0.4) is 0 Å². The Morgan fingerprint density at radius 2 is 1.80 bits per heavy atom. The Balaban J connectivity index is 1.54. The van der Waals surface area contributed by atoms with Crippen molar-refractivity contribution in [2.45, 2.75) is 33.1 Å². The van der Waals surface area contributed by atoms with Gasteiger partial charge < -0.3 is 9.84 Å². The molecule has 2 heterocycles. The molecule has 1 amide bonds. The van der Waals surface area contributed by atoms with Crippen molar-refractivity contribution in [1.82, 2.24) is 15.1 Å². The molecular weight excluding hydrogens is 396 g/mol. The molecule has 0 saturated heterocycles. The molecular formula is C23H22N4O2S. The number of carbonyl (C=O) groups excluding carboxylic acids is 1. The predicted octanol–water partition coefficient (Wildman–Crippen LogP) is 5.61. The number of amides is 1. The lowest BCUT2D eigenvalue weighted by Gasteiger charge is -2.13. The smallest absolute Gasteiger partial charge is 0.270 e. The fraction of sp³-hybridized carbons (Fsp3) is 0.217. The molecule has 0 radical (unpaired) electrons. The molecule has 0 fully saturated rings. The number of carbonyl (C=O) groups is 1. The summed E-state index contributed by atoms with van der Waals surface area (Å²) >= 11 is 1.34. The zero-order chi connectivity index (χ0) is 21.1. The third kappa shape index (κ3) is 4.16. The summed E-state index contributed by atoms with van der Waals surface area (Å²) in [4.78, 5) is 22.6. The summed E-state index contributed by atoms with van der Waals surface area (Å²) in [6.07, 6.45) is 0.705. The van der Waals surface area contributed by atoms with Crippen molar-refractivity contribution < 1.29 is 9.32 Å². The molecule has 1 atom stereocenters. The minimum Gasteiger partial charge on any atom is -0.333 e. The Morgan fingerprint density at radius 3 is 2.50 bits per heavy atom. The molecule has 0 bridgehead atoms. The molecule has 0 aliphatic rings. The van der Waals surface area contributed by atoms with Crippen LogP contribution < -0.4 is 5.32 Å². The molecule has 1 N–H and O–H groups in total. The van der Waals surface area contributed by atoms with E-state index in [0.29, 0.717) is 23.3 Å². The number of nitrogens with one attached hydrogen (secondary N) is 1. The first kappa shape index (κ1) is 20.0. The molecule has 30 heavy (non-hydrogen) atoms. The maximum atomic E-state index is 12.8. The summed E-state index contributed by atoms with van der Waals surface area (Å²) in [5.74, 6) is 0.625. The number of aryl methyl sites for hydroxylation is 2. The van der Waals surface area contributed by atoms with Crippen LogP contribution in [0.1, 0.15) is 36.1 Å². The minimum atomic E-state index is -0.226. The number of benzene rings is 2. The monoisotopic (exact) mass is 418 g/mol. The Kier molecular flexibility index (Phi) is 5.72. The molecule has 0 spiro atoms. The second-order valence-corrected chi connectivity index (χ2v) is 8.08. The number of hydrogen-bond donors (Lipinski definition) is 1. The fourth-order valence-electron chi connectivity index (χ4n) is 3.23. The quantitative estimate of drug-likeness (QED) is 0.440. The van der Waals surface area contributed by atoms with Gasteiger partial charge in [-0.05, 0) is 25.8 Å². The lowest BCUT2D eigenvalue weighted by Crippen LogP contribution is -2.20. The molecule has 4 rings (SSSR count). The van der Waals surface area contributed by atoms with Crippen molar-refractivity contribution in [1.29, 1.82) is 0 Å². The molecule has 0 saturated carbocycles. The highest BCUT2D eigenvalue weighted by Gasteiger charge is 2.22. The molecule has 0 unspecified atom stereocenters. The van der Waals surface area contributed by atoms with E-state index < -0.39 is 0 Å². The Hall–Kier alpha value is -3.32. The van der Waals surface area contributed by atoms with Gasteiger partial charge in [-0.1, -0.05) is 83.6 Å². The number of nitrogens with zero attached hydrogens (tertiary/aromatic N) is 3. The zero-order valence-electron chi connectivity index (χ0n) is 17.0. The first-order valence-electron chi connectivity index (χ1n) is 9.79. The van der Waals surface area contributed by atoms with E-state index >= 15 is 0 Å². The van der Waals surface area contributed by atoms with Crippen LogP contribution in [0, 0.1) is 13.8 Å². The molecule has 2 aromatic carbocycles. The third-order valence-electron chi connectivity index (χ3n) is 4.88. The van der Waals surface area contributed by atoms with Gasteiger partial charge >= 0.3 is 0 Å². The first-order valence-corrected chi connectivity index (χ1v) is 10.6. The SMILES string of the molecule is CC[C@@H](C(=O)Nc1nc(C)c(-c2nc(-c3ccc(C)cc3)no2)s1)c1ccccc1. The van der Waals surface area contributed by atoms with Crippen LogP contribution in [0.15, 0.2) is 59.1 Å². The molecule has 0 aliphatic heterocycles. The Morgan fingerprint density at radius 1 is 1.07 bits per heavy atom. The van der Waals surface area contributed by atoms with Gasteiger partial charge in [0.25, 0.3) is 5.89 Å². The summed E-state index contributed by atoms with van der Waals surface area (Å²) < 4.78 is 5.47. The highest BCUT2D eigenvalue weighted by Crippen LogP contribution is 2.33. The van der Waals surface area contributed by atoms with Crippen LogP contribution in [0.5, 0.6) is 0 Å². The van der Waals surface area contributed by atoms with E-state index in [4.69, 9.17) is 4.52 Å². The van der Waals surface area contributed by atoms with Gasteiger partial charge in [-0.25, -0.2) is 4.98 Å². The second kappa shape index (κ2) is 8.59. The average Bonchev–Trinajstić information content (AvgIpc) is 3.36. The average molecular weight is 419 g/mol. The van der Waals surface area contributed by atoms with Gasteiger partial charge in [0.05, 0.1) is 11.6 Å². The number of aromatic nitrogens is 3. The van der Waals surface area contributed by atoms with Crippen LogP contribution in [-0.2, 0) is 4.79 Å². The van der Waals surface area contributed by atoms with Crippen molar-refractivity contribution in [3.8, 4) is 22.2 Å². The van der Waals surface area contributed by atoms with E-state index in [1.807, 2.05) is 75.4 Å². The van der Waals surface area contributed by atoms with Crippen molar-refractivity contribution in [3.05, 3.63) is 71.4 Å². The Labute approximate surface area is 179 Å². The van der Waals surface area contributed by atoms with E-state index in [2.05, 4.69) is 20.4 Å². The number of rotatable bonds is 6. The molecule has 4 aromatic rings. The van der Waals surface area contributed by atoms with Crippen molar-refractivity contribution in [3.63, 3.8) is 0 Å². The van der Waals surface area contributed by atoms with Gasteiger partial charge in [-0.15, -0.1) is 0 Å². The van der Waals surface area contributed by atoms with Crippen molar-refractivity contribution in [2.75, 3.05) is 5.32 Å². The van der Waals surface area contributed by atoms with Gasteiger partial charge in [0.2, 0.25) is 11.7 Å². The van der Waals surface area contributed by atoms with E-state index in [1.54, 1.807) is 0 Å². The van der Waals surface area contributed by atoms with Crippen molar-refractivity contribution >= 4 is 22.4 Å². The lowest BCUT2D eigenvalue weighted by molar-refractivity contribution is -0.117. The number of anilines is 1. The molecule has 2 aromatic heterocycles. The van der Waals surface area contributed by atoms with Crippen LogP contribution in [-0.4, -0.2) is 21.0 Å². The second-order valence-electron chi connectivity index (χ2n) is 7.08. The highest BCUT2D eigenvalue weighted by atomic mass is 32.1. The standard InChI is InChI=1S/C23H22N4O2S/c1-4-18(16-8-6-5-7-9-16)21(28)26-23-24-15(3)19(30-23)22-25-20(27-29-22)17-12-10-14(2)11-13-17/h5-13,18H,4H2,1-3H3,(H,24,26,28)/t18-/m1/s1. The predicted molar refractivity (Wildman–Crippen MR) is 118 cm³/mol. The molecule has 152 valence electrons. The molecule has 7 heteroatoms. The van der Waals surface area contributed by atoms with Gasteiger partial charge in [0.15, 0.2) is 5.13 Å². The van der Waals surface area contributed by atoms with Crippen LogP contribution in [0.2, 0.25) is 0 Å². The number of thiazole rings is 1. The summed E-state index contributed by atoms with van der Waals surface area (Å²) in [7, 11) is 0. The minimum absolute atomic E-state index is 0.0742. The number of hydrogen-bond acceptors (Lipinski definition) is 6. The summed E-state index contributed by atoms with van der Waals surface area (Å²) in [6, 6.07) is 17.7. The van der Waals surface area contributed by atoms with Crippen LogP contribution in [0.25, 0.3) is 22.2 Å².